The molecule has 1 saturated heterocycles. The third-order valence-electron chi connectivity index (χ3n) is 3.26. The first kappa shape index (κ1) is 13.0. The summed E-state index contributed by atoms with van der Waals surface area (Å²) in [5, 5.41) is 0. The fourth-order valence-electron chi connectivity index (χ4n) is 2.40. The van der Waals surface area contributed by atoms with Crippen molar-refractivity contribution in [3.8, 4) is 0 Å². The fourth-order valence-corrected chi connectivity index (χ4v) is 2.40. The zero-order chi connectivity index (χ0) is 11.6. The van der Waals surface area contributed by atoms with Crippen LogP contribution in [0.5, 0.6) is 0 Å². The number of hydrogen-bond donors (Lipinski definition) is 0. The molecule has 0 spiro atoms. The second-order valence-corrected chi connectivity index (χ2v) is 5.77. The Morgan fingerprint density at radius 1 is 1.07 bits per heavy atom. The SMILES string of the molecule is CC(C)[C@H]1OC(C)(C)OCC[C@H]1C(C)C. The molecule has 2 nitrogen and oxygen atoms in total. The molecule has 0 unspecified atom stereocenters. The van der Waals surface area contributed by atoms with E-state index in [2.05, 4.69) is 27.7 Å². The highest BCUT2D eigenvalue weighted by molar-refractivity contribution is 4.80. The van der Waals surface area contributed by atoms with E-state index in [1.54, 1.807) is 0 Å². The van der Waals surface area contributed by atoms with E-state index in [0.29, 0.717) is 23.9 Å². The van der Waals surface area contributed by atoms with Crippen LogP contribution >= 0.6 is 0 Å². The van der Waals surface area contributed by atoms with Crippen LogP contribution < -0.4 is 0 Å². The van der Waals surface area contributed by atoms with E-state index in [1.807, 2.05) is 13.8 Å². The molecule has 0 aromatic heterocycles. The first-order chi connectivity index (χ1) is 6.83. The first-order valence-corrected chi connectivity index (χ1v) is 6.15. The van der Waals surface area contributed by atoms with Crippen LogP contribution in [0.1, 0.15) is 48.0 Å². The summed E-state index contributed by atoms with van der Waals surface area (Å²) in [6.45, 7) is 13.9. The van der Waals surface area contributed by atoms with Crippen molar-refractivity contribution in [3.05, 3.63) is 0 Å². The molecule has 2 atom stereocenters. The fraction of sp³-hybridized carbons (Fsp3) is 1.00. The third kappa shape index (κ3) is 3.46. The summed E-state index contributed by atoms with van der Waals surface area (Å²) in [7, 11) is 0. The lowest BCUT2D eigenvalue weighted by atomic mass is 9.82. The van der Waals surface area contributed by atoms with E-state index in [9.17, 15) is 0 Å². The summed E-state index contributed by atoms with van der Waals surface area (Å²) in [5.74, 6) is 1.42. The Labute approximate surface area is 94.3 Å². The van der Waals surface area contributed by atoms with Gasteiger partial charge in [-0.25, -0.2) is 0 Å². The zero-order valence-corrected chi connectivity index (χ0v) is 11.0. The minimum Gasteiger partial charge on any atom is -0.351 e. The van der Waals surface area contributed by atoms with E-state index < -0.39 is 5.79 Å². The average molecular weight is 214 g/mol. The molecule has 0 saturated carbocycles. The Balaban J connectivity index is 2.80. The van der Waals surface area contributed by atoms with E-state index in [-0.39, 0.29) is 0 Å². The maximum atomic E-state index is 6.11. The maximum Gasteiger partial charge on any atom is 0.163 e. The van der Waals surface area contributed by atoms with Gasteiger partial charge in [0.2, 0.25) is 0 Å². The van der Waals surface area contributed by atoms with E-state index >= 15 is 0 Å². The van der Waals surface area contributed by atoms with Crippen molar-refractivity contribution in [1.29, 1.82) is 0 Å². The second-order valence-electron chi connectivity index (χ2n) is 5.77. The largest absolute Gasteiger partial charge is 0.351 e. The lowest BCUT2D eigenvalue weighted by Crippen LogP contribution is -2.38. The van der Waals surface area contributed by atoms with Gasteiger partial charge in [-0.05, 0) is 38.0 Å². The summed E-state index contributed by atoms with van der Waals surface area (Å²) >= 11 is 0. The van der Waals surface area contributed by atoms with Gasteiger partial charge < -0.3 is 9.47 Å². The highest BCUT2D eigenvalue weighted by Gasteiger charge is 2.36. The molecule has 15 heavy (non-hydrogen) atoms. The Kier molecular flexibility index (Phi) is 4.19. The molecular weight excluding hydrogens is 188 g/mol. The third-order valence-corrected chi connectivity index (χ3v) is 3.26. The molecule has 0 aromatic rings. The van der Waals surface area contributed by atoms with Gasteiger partial charge in [-0.2, -0.15) is 0 Å². The van der Waals surface area contributed by atoms with Crippen molar-refractivity contribution < 1.29 is 9.47 Å². The van der Waals surface area contributed by atoms with Gasteiger partial charge in [0.1, 0.15) is 0 Å². The first-order valence-electron chi connectivity index (χ1n) is 6.15. The molecule has 0 amide bonds. The van der Waals surface area contributed by atoms with Crippen LogP contribution in [0.25, 0.3) is 0 Å². The topological polar surface area (TPSA) is 18.5 Å². The van der Waals surface area contributed by atoms with Crippen molar-refractivity contribution >= 4 is 0 Å². The number of ether oxygens (including phenoxy) is 2. The van der Waals surface area contributed by atoms with Crippen LogP contribution in [0.2, 0.25) is 0 Å². The summed E-state index contributed by atoms with van der Waals surface area (Å²) in [5.41, 5.74) is 0. The molecule has 2 heteroatoms. The predicted octanol–water partition coefficient (Wildman–Crippen LogP) is 3.46. The van der Waals surface area contributed by atoms with Gasteiger partial charge in [0.25, 0.3) is 0 Å². The lowest BCUT2D eigenvalue weighted by molar-refractivity contribution is -0.235. The van der Waals surface area contributed by atoms with Gasteiger partial charge >= 0.3 is 0 Å². The number of rotatable bonds is 2. The van der Waals surface area contributed by atoms with Crippen LogP contribution in [-0.2, 0) is 9.47 Å². The number of hydrogen-bond acceptors (Lipinski definition) is 2. The summed E-state index contributed by atoms with van der Waals surface area (Å²) in [6.07, 6.45) is 1.44. The Morgan fingerprint density at radius 2 is 1.67 bits per heavy atom. The molecule has 1 rings (SSSR count). The maximum absolute atomic E-state index is 6.11. The lowest BCUT2D eigenvalue weighted by Gasteiger charge is -2.34. The zero-order valence-electron chi connectivity index (χ0n) is 11.0. The Morgan fingerprint density at radius 3 is 2.13 bits per heavy atom. The molecule has 0 aliphatic carbocycles. The van der Waals surface area contributed by atoms with Crippen LogP contribution in [0.3, 0.4) is 0 Å². The van der Waals surface area contributed by atoms with Gasteiger partial charge in [-0.3, -0.25) is 0 Å². The van der Waals surface area contributed by atoms with Gasteiger partial charge in [0.15, 0.2) is 5.79 Å². The molecule has 1 fully saturated rings. The van der Waals surface area contributed by atoms with E-state index in [1.165, 1.54) is 0 Å². The minimum absolute atomic E-state index is 0.322. The molecular formula is C13H26O2. The quantitative estimate of drug-likeness (QED) is 0.701. The molecule has 1 heterocycles. The molecule has 90 valence electrons. The monoisotopic (exact) mass is 214 g/mol. The molecule has 0 radical (unpaired) electrons. The molecule has 0 bridgehead atoms. The highest BCUT2D eigenvalue weighted by atomic mass is 16.7. The molecule has 1 aliphatic heterocycles. The van der Waals surface area contributed by atoms with Gasteiger partial charge in [-0.15, -0.1) is 0 Å². The Bertz CT molecular complexity index is 197. The summed E-state index contributed by atoms with van der Waals surface area (Å²) in [4.78, 5) is 0. The Hall–Kier alpha value is -0.0800. The molecule has 1 aliphatic rings. The summed E-state index contributed by atoms with van der Waals surface area (Å²) in [6, 6.07) is 0. The molecule has 0 aromatic carbocycles. The van der Waals surface area contributed by atoms with Gasteiger partial charge in [0, 0.05) is 0 Å². The van der Waals surface area contributed by atoms with Gasteiger partial charge in [0.05, 0.1) is 12.7 Å². The predicted molar refractivity (Wildman–Crippen MR) is 62.7 cm³/mol. The van der Waals surface area contributed by atoms with E-state index in [0.717, 1.165) is 13.0 Å². The van der Waals surface area contributed by atoms with Gasteiger partial charge in [-0.1, -0.05) is 27.7 Å². The van der Waals surface area contributed by atoms with Crippen molar-refractivity contribution in [3.63, 3.8) is 0 Å². The minimum atomic E-state index is -0.418. The highest BCUT2D eigenvalue weighted by Crippen LogP contribution is 2.33. The summed E-state index contributed by atoms with van der Waals surface area (Å²) < 4.78 is 11.8. The van der Waals surface area contributed by atoms with Crippen LogP contribution in [0.15, 0.2) is 0 Å². The van der Waals surface area contributed by atoms with Crippen molar-refractivity contribution in [1.82, 2.24) is 0 Å². The van der Waals surface area contributed by atoms with Crippen molar-refractivity contribution in [2.75, 3.05) is 6.61 Å². The molecule has 0 N–H and O–H groups in total. The normalized spacial score (nSPS) is 32.0. The van der Waals surface area contributed by atoms with Crippen LogP contribution in [-0.4, -0.2) is 18.5 Å². The van der Waals surface area contributed by atoms with Crippen molar-refractivity contribution in [2.24, 2.45) is 17.8 Å². The van der Waals surface area contributed by atoms with E-state index in [4.69, 9.17) is 9.47 Å². The average Bonchev–Trinajstić information content (AvgIpc) is 2.23. The second kappa shape index (κ2) is 4.84. The van der Waals surface area contributed by atoms with Crippen molar-refractivity contribution in [2.45, 2.75) is 59.9 Å². The van der Waals surface area contributed by atoms with Crippen LogP contribution in [0.4, 0.5) is 0 Å². The smallest absolute Gasteiger partial charge is 0.163 e. The standard InChI is InChI=1S/C13H26O2/c1-9(2)11-7-8-14-13(5,6)15-12(11)10(3)4/h9-12H,7-8H2,1-6H3/t11-,12+/m0/s1. The van der Waals surface area contributed by atoms with Crippen LogP contribution in [0, 0.1) is 17.8 Å².